The van der Waals surface area contributed by atoms with Crippen LogP contribution in [-0.4, -0.2) is 19.7 Å². The fourth-order valence-electron chi connectivity index (χ4n) is 4.51. The van der Waals surface area contributed by atoms with Crippen LogP contribution in [0.15, 0.2) is 53.7 Å². The summed E-state index contributed by atoms with van der Waals surface area (Å²) in [6.45, 7) is 0. The van der Waals surface area contributed by atoms with E-state index >= 15 is 0 Å². The summed E-state index contributed by atoms with van der Waals surface area (Å²) in [6.07, 6.45) is 12.4. The Balaban J connectivity index is 1.77. The lowest BCUT2D eigenvalue weighted by atomic mass is 9.81. The molecule has 4 rings (SSSR count). The predicted molar refractivity (Wildman–Crippen MR) is 101 cm³/mol. The minimum atomic E-state index is -3.16. The van der Waals surface area contributed by atoms with E-state index in [1.54, 1.807) is 12.1 Å². The van der Waals surface area contributed by atoms with Crippen molar-refractivity contribution in [2.45, 2.75) is 43.4 Å². The van der Waals surface area contributed by atoms with Gasteiger partial charge in [0, 0.05) is 18.6 Å². The highest BCUT2D eigenvalue weighted by Gasteiger charge is 2.41. The molecule has 0 N–H and O–H groups in total. The van der Waals surface area contributed by atoms with E-state index < -0.39 is 9.84 Å². The van der Waals surface area contributed by atoms with Gasteiger partial charge in [0.1, 0.15) is 0 Å². The van der Waals surface area contributed by atoms with Crippen LogP contribution < -0.4 is 0 Å². The summed E-state index contributed by atoms with van der Waals surface area (Å²) in [5.41, 5.74) is 5.61. The van der Waals surface area contributed by atoms with Crippen molar-refractivity contribution in [2.24, 2.45) is 5.41 Å². The zero-order valence-electron chi connectivity index (χ0n) is 14.5. The first-order valence-corrected chi connectivity index (χ1v) is 10.8. The Morgan fingerprint density at radius 1 is 0.840 bits per heavy atom. The summed E-state index contributed by atoms with van der Waals surface area (Å²) in [5, 5.41) is 0. The van der Waals surface area contributed by atoms with Crippen LogP contribution in [0.25, 0.3) is 11.1 Å². The molecule has 0 amide bonds. The van der Waals surface area contributed by atoms with E-state index in [-0.39, 0.29) is 0 Å². The van der Waals surface area contributed by atoms with E-state index in [4.69, 9.17) is 0 Å². The van der Waals surface area contributed by atoms with Gasteiger partial charge in [-0.3, -0.25) is 4.98 Å². The van der Waals surface area contributed by atoms with E-state index in [1.807, 2.05) is 24.5 Å². The van der Waals surface area contributed by atoms with Crippen LogP contribution in [0, 0.1) is 5.41 Å². The molecule has 0 radical (unpaired) electrons. The third-order valence-corrected chi connectivity index (χ3v) is 6.92. The highest BCUT2D eigenvalue weighted by Crippen LogP contribution is 2.57. The molecule has 1 fully saturated rings. The first-order valence-electron chi connectivity index (χ1n) is 8.90. The van der Waals surface area contributed by atoms with E-state index in [9.17, 15) is 8.42 Å². The summed E-state index contributed by atoms with van der Waals surface area (Å²) < 4.78 is 23.5. The van der Waals surface area contributed by atoms with Crippen molar-refractivity contribution in [3.05, 3.63) is 59.9 Å². The van der Waals surface area contributed by atoms with E-state index in [0.29, 0.717) is 10.3 Å². The molecule has 0 bridgehead atoms. The molecule has 2 aliphatic carbocycles. The molecule has 4 heteroatoms. The molecule has 0 saturated heterocycles. The first kappa shape index (κ1) is 16.5. The summed E-state index contributed by atoms with van der Waals surface area (Å²) in [6, 6.07) is 11.6. The fourth-order valence-corrected chi connectivity index (χ4v) is 5.14. The molecule has 1 aromatic carbocycles. The smallest absolute Gasteiger partial charge is 0.175 e. The van der Waals surface area contributed by atoms with Crippen molar-refractivity contribution in [1.82, 2.24) is 4.98 Å². The highest BCUT2D eigenvalue weighted by molar-refractivity contribution is 7.90. The standard InChI is InChI=1S/C21H23NO2S/c1-25(23,24)18-6-4-16(5-7-18)19-14-21(10-2-3-11-21)15-20(19)17-8-12-22-13-9-17/h4-9,12-13H,2-3,10-11,14-15H2,1H3. The minimum absolute atomic E-state index is 0.385. The molecule has 130 valence electrons. The van der Waals surface area contributed by atoms with Crippen molar-refractivity contribution in [3.63, 3.8) is 0 Å². The molecule has 1 heterocycles. The van der Waals surface area contributed by atoms with Crippen molar-refractivity contribution < 1.29 is 8.42 Å². The van der Waals surface area contributed by atoms with Gasteiger partial charge in [0.25, 0.3) is 0 Å². The molecule has 1 aromatic heterocycles. The second-order valence-corrected chi connectivity index (χ2v) is 9.57. The number of rotatable bonds is 3. The number of hydrogen-bond donors (Lipinski definition) is 0. The predicted octanol–water partition coefficient (Wildman–Crippen LogP) is 4.75. The lowest BCUT2D eigenvalue weighted by Crippen LogP contribution is -2.11. The third-order valence-electron chi connectivity index (χ3n) is 5.79. The van der Waals surface area contributed by atoms with Crippen molar-refractivity contribution in [2.75, 3.05) is 6.26 Å². The summed E-state index contributed by atoms with van der Waals surface area (Å²) in [5.74, 6) is 0. The Bertz CT molecular complexity index is 906. The fraction of sp³-hybridized carbons (Fsp3) is 0.381. The van der Waals surface area contributed by atoms with Gasteiger partial charge < -0.3 is 0 Å². The molecule has 1 spiro atoms. The van der Waals surface area contributed by atoms with Gasteiger partial charge in [-0.25, -0.2) is 8.42 Å². The zero-order valence-corrected chi connectivity index (χ0v) is 15.3. The van der Waals surface area contributed by atoms with Gasteiger partial charge >= 0.3 is 0 Å². The number of aromatic nitrogens is 1. The van der Waals surface area contributed by atoms with Gasteiger partial charge in [0.05, 0.1) is 4.90 Å². The number of sulfone groups is 1. The lowest BCUT2D eigenvalue weighted by Gasteiger charge is -2.23. The van der Waals surface area contributed by atoms with Crippen LogP contribution in [0.1, 0.15) is 49.7 Å². The van der Waals surface area contributed by atoms with Crippen molar-refractivity contribution in [1.29, 1.82) is 0 Å². The highest BCUT2D eigenvalue weighted by atomic mass is 32.2. The largest absolute Gasteiger partial charge is 0.265 e. The van der Waals surface area contributed by atoms with Gasteiger partial charge in [-0.05, 0) is 77.6 Å². The van der Waals surface area contributed by atoms with Crippen molar-refractivity contribution >= 4 is 21.0 Å². The molecular formula is C21H23NO2S. The molecule has 3 nitrogen and oxygen atoms in total. The SMILES string of the molecule is CS(=O)(=O)c1ccc(C2=C(c3ccncc3)CC3(CCCC3)C2)cc1. The maximum absolute atomic E-state index is 11.7. The van der Waals surface area contributed by atoms with Gasteiger partial charge in [-0.2, -0.15) is 0 Å². The molecule has 0 aliphatic heterocycles. The first-order chi connectivity index (χ1) is 12.0. The Morgan fingerprint density at radius 2 is 1.36 bits per heavy atom. The summed E-state index contributed by atoms with van der Waals surface area (Å²) in [4.78, 5) is 4.54. The van der Waals surface area contributed by atoms with Crippen LogP contribution in [0.5, 0.6) is 0 Å². The van der Waals surface area contributed by atoms with Gasteiger partial charge in [0.2, 0.25) is 0 Å². The minimum Gasteiger partial charge on any atom is -0.265 e. The van der Waals surface area contributed by atoms with Crippen LogP contribution >= 0.6 is 0 Å². The number of allylic oxidation sites excluding steroid dienone is 2. The Kier molecular flexibility index (Phi) is 4.03. The second-order valence-electron chi connectivity index (χ2n) is 7.55. The molecular weight excluding hydrogens is 330 g/mol. The number of hydrogen-bond acceptors (Lipinski definition) is 3. The number of nitrogens with zero attached hydrogens (tertiary/aromatic N) is 1. The number of benzene rings is 1. The maximum atomic E-state index is 11.7. The third kappa shape index (κ3) is 3.15. The zero-order chi connectivity index (χ0) is 17.5. The molecule has 25 heavy (non-hydrogen) atoms. The quantitative estimate of drug-likeness (QED) is 0.800. The Morgan fingerprint density at radius 3 is 1.88 bits per heavy atom. The average molecular weight is 353 g/mol. The van der Waals surface area contributed by atoms with Crippen LogP contribution in [0.2, 0.25) is 0 Å². The Labute approximate surface area is 149 Å². The second kappa shape index (κ2) is 6.10. The van der Waals surface area contributed by atoms with Crippen LogP contribution in [0.3, 0.4) is 0 Å². The van der Waals surface area contributed by atoms with Gasteiger partial charge in [-0.1, -0.05) is 25.0 Å². The Hall–Kier alpha value is -1.94. The van der Waals surface area contributed by atoms with Crippen LogP contribution in [0.4, 0.5) is 0 Å². The molecule has 1 saturated carbocycles. The van der Waals surface area contributed by atoms with E-state index in [1.165, 1.54) is 48.6 Å². The molecule has 2 aromatic rings. The molecule has 0 unspecified atom stereocenters. The van der Waals surface area contributed by atoms with Crippen LogP contribution in [-0.2, 0) is 9.84 Å². The van der Waals surface area contributed by atoms with Gasteiger partial charge in [0.15, 0.2) is 9.84 Å². The number of pyridine rings is 1. The maximum Gasteiger partial charge on any atom is 0.175 e. The summed E-state index contributed by atoms with van der Waals surface area (Å²) >= 11 is 0. The van der Waals surface area contributed by atoms with Crippen molar-refractivity contribution in [3.8, 4) is 0 Å². The van der Waals surface area contributed by atoms with E-state index in [2.05, 4.69) is 17.1 Å². The molecule has 2 aliphatic rings. The topological polar surface area (TPSA) is 47.0 Å². The normalized spacial score (nSPS) is 19.7. The van der Waals surface area contributed by atoms with Gasteiger partial charge in [-0.15, -0.1) is 0 Å². The molecule has 0 atom stereocenters. The van der Waals surface area contributed by atoms with E-state index in [0.717, 1.165) is 18.4 Å². The monoisotopic (exact) mass is 353 g/mol. The lowest BCUT2D eigenvalue weighted by molar-refractivity contribution is 0.330. The average Bonchev–Trinajstić information content (AvgIpc) is 3.23. The summed E-state index contributed by atoms with van der Waals surface area (Å²) in [7, 11) is -3.16.